The SMILES string of the molecule is Fc1ccc(N2C=NNC2)cc1. The molecule has 1 aliphatic heterocycles. The van der Waals surface area contributed by atoms with Crippen LogP contribution in [-0.4, -0.2) is 13.0 Å². The van der Waals surface area contributed by atoms with Crippen molar-refractivity contribution in [2.45, 2.75) is 0 Å². The van der Waals surface area contributed by atoms with Crippen molar-refractivity contribution in [1.29, 1.82) is 0 Å². The van der Waals surface area contributed by atoms with Gasteiger partial charge in [-0.3, -0.25) is 5.43 Å². The Morgan fingerprint density at radius 1 is 1.33 bits per heavy atom. The molecule has 0 aliphatic carbocycles. The Labute approximate surface area is 69.5 Å². The summed E-state index contributed by atoms with van der Waals surface area (Å²) < 4.78 is 12.5. The van der Waals surface area contributed by atoms with Gasteiger partial charge in [0, 0.05) is 5.69 Å². The summed E-state index contributed by atoms with van der Waals surface area (Å²) in [5.41, 5.74) is 3.72. The first-order valence-electron chi connectivity index (χ1n) is 3.64. The van der Waals surface area contributed by atoms with Gasteiger partial charge >= 0.3 is 0 Å². The van der Waals surface area contributed by atoms with Crippen molar-refractivity contribution in [1.82, 2.24) is 5.43 Å². The number of hydrogen-bond donors (Lipinski definition) is 1. The molecule has 0 radical (unpaired) electrons. The van der Waals surface area contributed by atoms with Crippen LogP contribution in [0.25, 0.3) is 0 Å². The topological polar surface area (TPSA) is 27.6 Å². The molecule has 0 aromatic heterocycles. The maximum absolute atomic E-state index is 12.5. The first kappa shape index (κ1) is 7.09. The Bertz CT molecular complexity index is 294. The number of hydrazone groups is 1. The Balaban J connectivity index is 2.23. The highest BCUT2D eigenvalue weighted by Crippen LogP contribution is 2.13. The Kier molecular flexibility index (Phi) is 1.66. The number of nitrogens with zero attached hydrogens (tertiary/aromatic N) is 2. The van der Waals surface area contributed by atoms with Crippen molar-refractivity contribution in [3.05, 3.63) is 30.1 Å². The molecular formula is C8H8FN3. The summed E-state index contributed by atoms with van der Waals surface area (Å²) in [5.74, 6) is -0.220. The normalized spacial score (nSPS) is 14.9. The van der Waals surface area contributed by atoms with Gasteiger partial charge in [-0.15, -0.1) is 0 Å². The molecule has 3 nitrogen and oxygen atoms in total. The Morgan fingerprint density at radius 2 is 2.08 bits per heavy atom. The zero-order chi connectivity index (χ0) is 8.39. The van der Waals surface area contributed by atoms with Gasteiger partial charge in [0.1, 0.15) is 18.8 Å². The molecule has 0 fully saturated rings. The molecule has 1 aliphatic rings. The predicted octanol–water partition coefficient (Wildman–Crippen LogP) is 1.14. The standard InChI is InChI=1S/C8H8FN3/c9-7-1-3-8(4-2-7)12-5-10-11-6-12/h1-5,11H,6H2. The second-order valence-electron chi connectivity index (χ2n) is 2.51. The molecule has 12 heavy (non-hydrogen) atoms. The molecule has 0 bridgehead atoms. The lowest BCUT2D eigenvalue weighted by molar-refractivity contribution is 0.628. The van der Waals surface area contributed by atoms with Crippen LogP contribution in [-0.2, 0) is 0 Å². The third kappa shape index (κ3) is 1.23. The molecule has 4 heteroatoms. The lowest BCUT2D eigenvalue weighted by Gasteiger charge is -2.12. The number of anilines is 1. The largest absolute Gasteiger partial charge is 0.311 e. The molecule has 0 atom stereocenters. The second kappa shape index (κ2) is 2.81. The average Bonchev–Trinajstić information content (AvgIpc) is 2.58. The maximum Gasteiger partial charge on any atom is 0.123 e. The van der Waals surface area contributed by atoms with E-state index in [2.05, 4.69) is 10.5 Å². The van der Waals surface area contributed by atoms with Gasteiger partial charge in [0.05, 0.1) is 0 Å². The van der Waals surface area contributed by atoms with Crippen molar-refractivity contribution in [3.8, 4) is 0 Å². The van der Waals surface area contributed by atoms with Crippen LogP contribution in [0, 0.1) is 5.82 Å². The molecule has 2 rings (SSSR count). The minimum Gasteiger partial charge on any atom is -0.311 e. The molecule has 1 aromatic rings. The lowest BCUT2D eigenvalue weighted by atomic mass is 10.3. The van der Waals surface area contributed by atoms with Gasteiger partial charge in [-0.2, -0.15) is 5.10 Å². The molecule has 0 saturated carbocycles. The van der Waals surface area contributed by atoms with Crippen molar-refractivity contribution < 1.29 is 4.39 Å². The molecule has 0 unspecified atom stereocenters. The van der Waals surface area contributed by atoms with E-state index in [-0.39, 0.29) is 5.82 Å². The lowest BCUT2D eigenvalue weighted by Crippen LogP contribution is -2.22. The highest BCUT2D eigenvalue weighted by molar-refractivity contribution is 5.80. The van der Waals surface area contributed by atoms with Gasteiger partial charge in [-0.1, -0.05) is 0 Å². The molecule has 0 saturated heterocycles. The molecule has 1 aromatic carbocycles. The summed E-state index contributed by atoms with van der Waals surface area (Å²) >= 11 is 0. The molecular weight excluding hydrogens is 157 g/mol. The van der Waals surface area contributed by atoms with Crippen molar-refractivity contribution in [2.75, 3.05) is 11.6 Å². The third-order valence-corrected chi connectivity index (χ3v) is 1.69. The summed E-state index contributed by atoms with van der Waals surface area (Å²) in [7, 11) is 0. The summed E-state index contributed by atoms with van der Waals surface area (Å²) in [6, 6.07) is 6.30. The van der Waals surface area contributed by atoms with Crippen LogP contribution in [0.3, 0.4) is 0 Å². The number of rotatable bonds is 1. The number of benzene rings is 1. The minimum absolute atomic E-state index is 0.220. The fraction of sp³-hybridized carbons (Fsp3) is 0.125. The van der Waals surface area contributed by atoms with E-state index in [9.17, 15) is 4.39 Å². The van der Waals surface area contributed by atoms with E-state index in [1.165, 1.54) is 12.1 Å². The molecule has 0 amide bonds. The third-order valence-electron chi connectivity index (χ3n) is 1.69. The van der Waals surface area contributed by atoms with E-state index in [0.717, 1.165) is 5.69 Å². The zero-order valence-electron chi connectivity index (χ0n) is 6.37. The van der Waals surface area contributed by atoms with Crippen LogP contribution in [0.1, 0.15) is 0 Å². The fourth-order valence-electron chi connectivity index (χ4n) is 1.06. The van der Waals surface area contributed by atoms with Crippen LogP contribution < -0.4 is 10.3 Å². The first-order valence-corrected chi connectivity index (χ1v) is 3.64. The minimum atomic E-state index is -0.220. The summed E-state index contributed by atoms with van der Waals surface area (Å²) in [4.78, 5) is 1.89. The summed E-state index contributed by atoms with van der Waals surface area (Å²) in [5, 5.41) is 3.82. The first-order chi connectivity index (χ1) is 5.86. The van der Waals surface area contributed by atoms with Crippen molar-refractivity contribution in [2.24, 2.45) is 5.10 Å². The highest BCUT2D eigenvalue weighted by atomic mass is 19.1. The average molecular weight is 165 g/mol. The van der Waals surface area contributed by atoms with Crippen LogP contribution >= 0.6 is 0 Å². The Morgan fingerprint density at radius 3 is 2.67 bits per heavy atom. The predicted molar refractivity (Wildman–Crippen MR) is 45.4 cm³/mol. The summed E-state index contributed by atoms with van der Waals surface area (Å²) in [6.07, 6.45) is 1.67. The number of nitrogens with one attached hydrogen (secondary N) is 1. The van der Waals surface area contributed by atoms with Crippen LogP contribution in [0.4, 0.5) is 10.1 Å². The Hall–Kier alpha value is -1.58. The summed E-state index contributed by atoms with van der Waals surface area (Å²) in [6.45, 7) is 0.644. The van der Waals surface area contributed by atoms with E-state index >= 15 is 0 Å². The number of halogens is 1. The molecule has 62 valence electrons. The van der Waals surface area contributed by atoms with E-state index < -0.39 is 0 Å². The van der Waals surface area contributed by atoms with E-state index in [0.29, 0.717) is 6.67 Å². The zero-order valence-corrected chi connectivity index (χ0v) is 6.37. The van der Waals surface area contributed by atoms with Gasteiger partial charge < -0.3 is 4.90 Å². The number of hydrogen-bond acceptors (Lipinski definition) is 3. The van der Waals surface area contributed by atoms with Gasteiger partial charge in [0.25, 0.3) is 0 Å². The van der Waals surface area contributed by atoms with Gasteiger partial charge in [0.2, 0.25) is 0 Å². The van der Waals surface area contributed by atoms with E-state index in [1.807, 2.05) is 4.90 Å². The smallest absolute Gasteiger partial charge is 0.123 e. The second-order valence-corrected chi connectivity index (χ2v) is 2.51. The van der Waals surface area contributed by atoms with Gasteiger partial charge in [-0.05, 0) is 24.3 Å². The molecule has 1 N–H and O–H groups in total. The van der Waals surface area contributed by atoms with Crippen LogP contribution in [0.15, 0.2) is 29.4 Å². The van der Waals surface area contributed by atoms with Crippen LogP contribution in [0.5, 0.6) is 0 Å². The quantitative estimate of drug-likeness (QED) is 0.675. The molecule has 0 spiro atoms. The fourth-order valence-corrected chi connectivity index (χ4v) is 1.06. The van der Waals surface area contributed by atoms with Crippen molar-refractivity contribution >= 4 is 12.0 Å². The highest BCUT2D eigenvalue weighted by Gasteiger charge is 2.06. The van der Waals surface area contributed by atoms with E-state index in [1.54, 1.807) is 18.5 Å². The monoisotopic (exact) mass is 165 g/mol. The van der Waals surface area contributed by atoms with Crippen LogP contribution in [0.2, 0.25) is 0 Å². The molecule has 1 heterocycles. The van der Waals surface area contributed by atoms with Gasteiger partial charge in [0.15, 0.2) is 0 Å². The maximum atomic E-state index is 12.5. The van der Waals surface area contributed by atoms with Gasteiger partial charge in [-0.25, -0.2) is 4.39 Å². The van der Waals surface area contributed by atoms with E-state index in [4.69, 9.17) is 0 Å². The van der Waals surface area contributed by atoms with Crippen molar-refractivity contribution in [3.63, 3.8) is 0 Å².